The number of nitrogens with zero attached hydrogens (tertiary/aromatic N) is 3. The summed E-state index contributed by atoms with van der Waals surface area (Å²) in [5.41, 5.74) is 10.4. The van der Waals surface area contributed by atoms with Crippen molar-refractivity contribution in [1.82, 2.24) is 15.0 Å². The highest BCUT2D eigenvalue weighted by molar-refractivity contribution is 5.99. The molecule has 47 heavy (non-hydrogen) atoms. The summed E-state index contributed by atoms with van der Waals surface area (Å²) in [4.78, 5) is 15.4. The zero-order chi connectivity index (χ0) is 31.5. The van der Waals surface area contributed by atoms with Crippen LogP contribution in [0.1, 0.15) is 25.0 Å². The van der Waals surface area contributed by atoms with E-state index >= 15 is 0 Å². The second-order valence-electron chi connectivity index (χ2n) is 12.9. The van der Waals surface area contributed by atoms with Gasteiger partial charge in [-0.15, -0.1) is 0 Å². The molecular weight excluding hydrogens is 571 g/mol. The van der Waals surface area contributed by atoms with Crippen LogP contribution in [0.15, 0.2) is 152 Å². The maximum Gasteiger partial charge on any atom is 0.164 e. The molecule has 0 radical (unpaired) electrons. The lowest BCUT2D eigenvalue weighted by Crippen LogP contribution is -2.14. The van der Waals surface area contributed by atoms with Crippen LogP contribution in [0.25, 0.3) is 78.0 Å². The van der Waals surface area contributed by atoms with Crippen molar-refractivity contribution in [2.45, 2.75) is 19.3 Å². The van der Waals surface area contributed by atoms with Crippen molar-refractivity contribution in [3.8, 4) is 56.4 Å². The standard InChI is InChI=1S/C44H31N3/c1-44(2)39-18-9-8-16-36(39)38-27-34(23-24-40(38)44)43-46-41(32-21-19-28-11-6-7-14-31(28)25-32)45-42(47-43)33-22-20-30-15-10-17-35(37(30)26-33)29-12-4-3-5-13-29/h3-27H,1-2H3. The second-order valence-corrected chi connectivity index (χ2v) is 12.9. The molecule has 1 aliphatic rings. The van der Waals surface area contributed by atoms with Gasteiger partial charge in [0.1, 0.15) is 0 Å². The van der Waals surface area contributed by atoms with Crippen molar-refractivity contribution in [3.63, 3.8) is 0 Å². The van der Waals surface area contributed by atoms with E-state index in [0.717, 1.165) is 22.1 Å². The summed E-state index contributed by atoms with van der Waals surface area (Å²) in [6.07, 6.45) is 0. The van der Waals surface area contributed by atoms with Crippen molar-refractivity contribution < 1.29 is 0 Å². The average Bonchev–Trinajstić information content (AvgIpc) is 3.36. The predicted molar refractivity (Wildman–Crippen MR) is 194 cm³/mol. The number of hydrogen-bond donors (Lipinski definition) is 0. The number of fused-ring (bicyclic) bond motifs is 5. The molecule has 1 heterocycles. The Balaban J connectivity index is 1.25. The zero-order valence-corrected chi connectivity index (χ0v) is 26.3. The SMILES string of the molecule is CC1(C)c2ccccc2-c2cc(-c3nc(-c4ccc5ccccc5c4)nc(-c4ccc5cccc(-c6ccccc6)c5c4)n3)ccc21. The van der Waals surface area contributed by atoms with E-state index in [-0.39, 0.29) is 5.41 Å². The van der Waals surface area contributed by atoms with Gasteiger partial charge in [0.15, 0.2) is 17.5 Å². The third-order valence-corrected chi connectivity index (χ3v) is 9.71. The fraction of sp³-hybridized carbons (Fsp3) is 0.0682. The Kier molecular flexibility index (Phi) is 6.16. The van der Waals surface area contributed by atoms with E-state index in [1.807, 2.05) is 0 Å². The molecule has 0 spiro atoms. The molecule has 222 valence electrons. The fourth-order valence-electron chi connectivity index (χ4n) is 7.23. The van der Waals surface area contributed by atoms with E-state index < -0.39 is 0 Å². The number of rotatable bonds is 4. The summed E-state index contributed by atoms with van der Waals surface area (Å²) in [5, 5.41) is 4.69. The molecule has 0 saturated heterocycles. The minimum Gasteiger partial charge on any atom is -0.208 e. The Labute approximate surface area is 274 Å². The molecule has 3 heteroatoms. The highest BCUT2D eigenvalue weighted by atomic mass is 15.0. The first-order valence-electron chi connectivity index (χ1n) is 16.1. The van der Waals surface area contributed by atoms with Gasteiger partial charge in [0.05, 0.1) is 0 Å². The van der Waals surface area contributed by atoms with Crippen molar-refractivity contribution in [2.24, 2.45) is 0 Å². The van der Waals surface area contributed by atoms with Gasteiger partial charge >= 0.3 is 0 Å². The summed E-state index contributed by atoms with van der Waals surface area (Å²) in [7, 11) is 0. The first-order valence-corrected chi connectivity index (χ1v) is 16.1. The molecule has 1 aliphatic carbocycles. The van der Waals surface area contributed by atoms with Gasteiger partial charge in [-0.3, -0.25) is 0 Å². The van der Waals surface area contributed by atoms with Crippen LogP contribution in [0.2, 0.25) is 0 Å². The molecule has 0 saturated carbocycles. The highest BCUT2D eigenvalue weighted by Gasteiger charge is 2.35. The van der Waals surface area contributed by atoms with Crippen molar-refractivity contribution in [2.75, 3.05) is 0 Å². The number of benzene rings is 7. The molecule has 0 N–H and O–H groups in total. The molecular formula is C44H31N3. The first-order chi connectivity index (χ1) is 23.0. The molecule has 0 atom stereocenters. The van der Waals surface area contributed by atoms with Crippen LogP contribution in [-0.4, -0.2) is 15.0 Å². The van der Waals surface area contributed by atoms with Gasteiger partial charge in [0, 0.05) is 22.1 Å². The molecule has 3 nitrogen and oxygen atoms in total. The first kappa shape index (κ1) is 27.4. The Bertz CT molecular complexity index is 2490. The minimum absolute atomic E-state index is 0.0630. The summed E-state index contributed by atoms with van der Waals surface area (Å²) in [6, 6.07) is 53.8. The number of aromatic nitrogens is 3. The van der Waals surface area contributed by atoms with Crippen LogP contribution in [0.3, 0.4) is 0 Å². The van der Waals surface area contributed by atoms with Crippen LogP contribution in [0, 0.1) is 0 Å². The van der Waals surface area contributed by atoms with Crippen LogP contribution in [0.5, 0.6) is 0 Å². The van der Waals surface area contributed by atoms with Crippen LogP contribution >= 0.6 is 0 Å². The fourth-order valence-corrected chi connectivity index (χ4v) is 7.23. The van der Waals surface area contributed by atoms with Gasteiger partial charge in [-0.1, -0.05) is 147 Å². The lowest BCUT2D eigenvalue weighted by molar-refractivity contribution is 0.660. The summed E-state index contributed by atoms with van der Waals surface area (Å²) in [5.74, 6) is 1.98. The third kappa shape index (κ3) is 4.54. The zero-order valence-electron chi connectivity index (χ0n) is 26.3. The molecule has 9 rings (SSSR count). The number of hydrogen-bond acceptors (Lipinski definition) is 3. The van der Waals surface area contributed by atoms with E-state index in [9.17, 15) is 0 Å². The van der Waals surface area contributed by atoms with E-state index in [0.29, 0.717) is 17.5 Å². The quantitative estimate of drug-likeness (QED) is 0.201. The Morgan fingerprint density at radius 2 is 0.915 bits per heavy atom. The Morgan fingerprint density at radius 1 is 0.362 bits per heavy atom. The normalized spacial score (nSPS) is 13.1. The van der Waals surface area contributed by atoms with E-state index in [4.69, 9.17) is 15.0 Å². The summed E-state index contributed by atoms with van der Waals surface area (Å²) in [6.45, 7) is 4.61. The maximum absolute atomic E-state index is 5.17. The highest BCUT2D eigenvalue weighted by Crippen LogP contribution is 2.49. The van der Waals surface area contributed by atoms with Gasteiger partial charge in [-0.2, -0.15) is 0 Å². The topological polar surface area (TPSA) is 38.7 Å². The molecule has 8 aromatic rings. The van der Waals surface area contributed by atoms with Gasteiger partial charge < -0.3 is 0 Å². The summed E-state index contributed by atoms with van der Waals surface area (Å²) < 4.78 is 0. The molecule has 1 aromatic heterocycles. The van der Waals surface area contributed by atoms with E-state index in [1.165, 1.54) is 49.5 Å². The monoisotopic (exact) mass is 601 g/mol. The molecule has 0 fully saturated rings. The lowest BCUT2D eigenvalue weighted by atomic mass is 9.82. The van der Waals surface area contributed by atoms with Crippen LogP contribution < -0.4 is 0 Å². The van der Waals surface area contributed by atoms with Gasteiger partial charge in [0.2, 0.25) is 0 Å². The predicted octanol–water partition coefficient (Wildman–Crippen LogP) is 11.2. The molecule has 0 aliphatic heterocycles. The van der Waals surface area contributed by atoms with Crippen LogP contribution in [0.4, 0.5) is 0 Å². The van der Waals surface area contributed by atoms with E-state index in [2.05, 4.69) is 166 Å². The Hall–Kier alpha value is -5.93. The van der Waals surface area contributed by atoms with Crippen molar-refractivity contribution in [1.29, 1.82) is 0 Å². The van der Waals surface area contributed by atoms with Crippen molar-refractivity contribution >= 4 is 21.5 Å². The lowest BCUT2D eigenvalue weighted by Gasteiger charge is -2.21. The molecule has 0 unspecified atom stereocenters. The average molecular weight is 602 g/mol. The minimum atomic E-state index is -0.0630. The molecule has 0 amide bonds. The Morgan fingerprint density at radius 3 is 1.70 bits per heavy atom. The largest absolute Gasteiger partial charge is 0.208 e. The smallest absolute Gasteiger partial charge is 0.164 e. The van der Waals surface area contributed by atoms with Gasteiger partial charge in [0.25, 0.3) is 0 Å². The van der Waals surface area contributed by atoms with Crippen molar-refractivity contribution in [3.05, 3.63) is 163 Å². The van der Waals surface area contributed by atoms with Gasteiger partial charge in [-0.05, 0) is 73.1 Å². The maximum atomic E-state index is 5.17. The molecule has 7 aromatic carbocycles. The van der Waals surface area contributed by atoms with Gasteiger partial charge in [-0.25, -0.2) is 15.0 Å². The third-order valence-electron chi connectivity index (χ3n) is 9.71. The summed E-state index contributed by atoms with van der Waals surface area (Å²) >= 11 is 0. The van der Waals surface area contributed by atoms with Crippen LogP contribution in [-0.2, 0) is 5.41 Å². The molecule has 0 bridgehead atoms. The van der Waals surface area contributed by atoms with E-state index in [1.54, 1.807) is 0 Å². The second kappa shape index (κ2) is 10.6.